The molecule has 0 aliphatic heterocycles. The van der Waals surface area contributed by atoms with Gasteiger partial charge in [0.05, 0.1) is 6.61 Å². The molecule has 1 aliphatic rings. The van der Waals surface area contributed by atoms with Gasteiger partial charge in [-0.1, -0.05) is 45.4 Å². The van der Waals surface area contributed by atoms with E-state index < -0.39 is 0 Å². The van der Waals surface area contributed by atoms with E-state index in [0.717, 1.165) is 24.2 Å². The van der Waals surface area contributed by atoms with Gasteiger partial charge in [-0.15, -0.1) is 0 Å². The Bertz CT molecular complexity index is 526. The highest BCUT2D eigenvalue weighted by atomic mass is 16.5. The number of benzene rings is 1. The number of ether oxygens (including phenoxy) is 1. The molecule has 3 atom stereocenters. The van der Waals surface area contributed by atoms with E-state index in [9.17, 15) is 4.79 Å². The third kappa shape index (κ3) is 4.99. The lowest BCUT2D eigenvalue weighted by Gasteiger charge is -2.36. The van der Waals surface area contributed by atoms with Crippen molar-refractivity contribution in [1.29, 1.82) is 0 Å². The van der Waals surface area contributed by atoms with Crippen LogP contribution in [0.2, 0.25) is 0 Å². The highest BCUT2D eigenvalue weighted by Gasteiger charge is 2.35. The zero-order chi connectivity index (χ0) is 17.5. The molecule has 2 rings (SSSR count). The maximum absolute atomic E-state index is 12.7. The fraction of sp³-hybridized carbons (Fsp3) is 0.667. The van der Waals surface area contributed by atoms with Crippen molar-refractivity contribution in [2.45, 2.75) is 53.4 Å². The predicted octanol–water partition coefficient (Wildman–Crippen LogP) is 4.45. The molecule has 1 saturated carbocycles. The van der Waals surface area contributed by atoms with Gasteiger partial charge in [-0.2, -0.15) is 0 Å². The number of nitrogens with one attached hydrogen (secondary N) is 1. The average Bonchev–Trinajstić information content (AvgIpc) is 2.56. The Morgan fingerprint density at radius 2 is 2.04 bits per heavy atom. The summed E-state index contributed by atoms with van der Waals surface area (Å²) in [6, 6.07) is 8.09. The van der Waals surface area contributed by atoms with E-state index in [2.05, 4.69) is 32.2 Å². The fourth-order valence-electron chi connectivity index (χ4n) is 3.96. The first-order valence-electron chi connectivity index (χ1n) is 9.51. The maximum Gasteiger partial charge on any atom is 0.223 e. The van der Waals surface area contributed by atoms with Crippen LogP contribution in [-0.4, -0.2) is 19.1 Å². The van der Waals surface area contributed by atoms with Gasteiger partial charge in [-0.05, 0) is 55.6 Å². The van der Waals surface area contributed by atoms with Crippen LogP contribution < -0.4 is 10.1 Å². The minimum atomic E-state index is 0.177. The van der Waals surface area contributed by atoms with Gasteiger partial charge >= 0.3 is 0 Å². The molecule has 1 fully saturated rings. The Labute approximate surface area is 147 Å². The second-order valence-corrected chi connectivity index (χ2v) is 7.51. The molecule has 0 radical (unpaired) electrons. The van der Waals surface area contributed by atoms with E-state index in [-0.39, 0.29) is 11.8 Å². The van der Waals surface area contributed by atoms with Crippen LogP contribution in [0.4, 0.5) is 0 Å². The summed E-state index contributed by atoms with van der Waals surface area (Å²) < 4.78 is 5.66. The van der Waals surface area contributed by atoms with Gasteiger partial charge in [-0.3, -0.25) is 4.79 Å². The average molecular weight is 332 g/mol. The number of hydrogen-bond acceptors (Lipinski definition) is 2. The maximum atomic E-state index is 12.7. The second kappa shape index (κ2) is 9.10. The number of amides is 1. The molecule has 0 saturated heterocycles. The smallest absolute Gasteiger partial charge is 0.223 e. The van der Waals surface area contributed by atoms with Crippen LogP contribution in [-0.2, 0) is 11.2 Å². The van der Waals surface area contributed by atoms with Gasteiger partial charge in [0.25, 0.3) is 0 Å². The molecule has 0 heterocycles. The number of carbonyl (C=O) groups is 1. The summed E-state index contributed by atoms with van der Waals surface area (Å²) in [5, 5.41) is 3.18. The van der Waals surface area contributed by atoms with Crippen LogP contribution in [0.15, 0.2) is 24.3 Å². The van der Waals surface area contributed by atoms with Crippen LogP contribution in [0.25, 0.3) is 0 Å². The van der Waals surface area contributed by atoms with Gasteiger partial charge < -0.3 is 10.1 Å². The molecule has 1 amide bonds. The van der Waals surface area contributed by atoms with Gasteiger partial charge in [0.15, 0.2) is 0 Å². The van der Waals surface area contributed by atoms with E-state index in [4.69, 9.17) is 4.74 Å². The lowest BCUT2D eigenvalue weighted by atomic mass is 9.70. The topological polar surface area (TPSA) is 38.3 Å². The van der Waals surface area contributed by atoms with Crippen molar-refractivity contribution in [1.82, 2.24) is 5.32 Å². The van der Waals surface area contributed by atoms with Crippen molar-refractivity contribution in [3.63, 3.8) is 0 Å². The molecule has 3 unspecified atom stereocenters. The normalized spacial score (nSPS) is 24.0. The Morgan fingerprint density at radius 1 is 1.29 bits per heavy atom. The molecule has 0 spiro atoms. The molecular weight excluding hydrogens is 298 g/mol. The van der Waals surface area contributed by atoms with E-state index in [1.54, 1.807) is 0 Å². The van der Waals surface area contributed by atoms with Gasteiger partial charge in [0.1, 0.15) is 5.75 Å². The summed E-state index contributed by atoms with van der Waals surface area (Å²) in [5.41, 5.74) is 1.16. The summed E-state index contributed by atoms with van der Waals surface area (Å²) >= 11 is 0. The Morgan fingerprint density at radius 3 is 2.75 bits per heavy atom. The quantitative estimate of drug-likeness (QED) is 0.801. The van der Waals surface area contributed by atoms with Crippen molar-refractivity contribution in [3.8, 4) is 5.75 Å². The second-order valence-electron chi connectivity index (χ2n) is 7.51. The van der Waals surface area contributed by atoms with Crippen LogP contribution in [0.3, 0.4) is 0 Å². The lowest BCUT2D eigenvalue weighted by Crippen LogP contribution is -2.40. The van der Waals surface area contributed by atoms with Crippen LogP contribution in [0.1, 0.15) is 52.5 Å². The first-order chi connectivity index (χ1) is 11.5. The third-order valence-electron chi connectivity index (χ3n) is 5.33. The molecule has 1 aromatic carbocycles. The monoisotopic (exact) mass is 331 g/mol. The Balaban J connectivity index is 1.90. The Hall–Kier alpha value is -1.51. The van der Waals surface area contributed by atoms with Crippen molar-refractivity contribution in [2.75, 3.05) is 13.2 Å². The number of carbonyl (C=O) groups excluding carboxylic acids is 1. The molecule has 134 valence electrons. The molecule has 1 aromatic rings. The first-order valence-corrected chi connectivity index (χ1v) is 9.51. The minimum Gasteiger partial charge on any atom is -0.494 e. The molecule has 3 heteroatoms. The van der Waals surface area contributed by atoms with Crippen molar-refractivity contribution < 1.29 is 9.53 Å². The number of para-hydroxylation sites is 1. The molecule has 3 nitrogen and oxygen atoms in total. The Kier molecular flexibility index (Phi) is 7.14. The van der Waals surface area contributed by atoms with E-state index >= 15 is 0 Å². The standard InChI is InChI=1S/C21H33NO2/c1-5-24-20-9-7-6-8-17(20)12-13-22-21(23)19-14-16(4)10-11-18(19)15(2)3/h6-9,15-16,18-19H,5,10-14H2,1-4H3,(H,22,23). The van der Waals surface area contributed by atoms with Crippen LogP contribution in [0.5, 0.6) is 5.75 Å². The van der Waals surface area contributed by atoms with Gasteiger partial charge in [0.2, 0.25) is 5.91 Å². The summed E-state index contributed by atoms with van der Waals surface area (Å²) in [6.45, 7) is 10.1. The number of rotatable bonds is 7. The van der Waals surface area contributed by atoms with Crippen molar-refractivity contribution in [3.05, 3.63) is 29.8 Å². The van der Waals surface area contributed by atoms with Gasteiger partial charge in [0, 0.05) is 12.5 Å². The molecule has 0 aromatic heterocycles. The minimum absolute atomic E-state index is 0.177. The van der Waals surface area contributed by atoms with Crippen LogP contribution >= 0.6 is 0 Å². The molecule has 1 N–H and O–H groups in total. The van der Waals surface area contributed by atoms with E-state index in [0.29, 0.717) is 30.9 Å². The number of hydrogen-bond donors (Lipinski definition) is 1. The highest BCUT2D eigenvalue weighted by molar-refractivity contribution is 5.79. The molecule has 24 heavy (non-hydrogen) atoms. The SMILES string of the molecule is CCOc1ccccc1CCNC(=O)C1CC(C)CCC1C(C)C. The highest BCUT2D eigenvalue weighted by Crippen LogP contribution is 2.38. The van der Waals surface area contributed by atoms with E-state index in [1.807, 2.05) is 25.1 Å². The zero-order valence-corrected chi connectivity index (χ0v) is 15.7. The van der Waals surface area contributed by atoms with Crippen molar-refractivity contribution >= 4 is 5.91 Å². The summed E-state index contributed by atoms with van der Waals surface area (Å²) in [4.78, 5) is 12.7. The summed E-state index contributed by atoms with van der Waals surface area (Å²) in [6.07, 6.45) is 4.29. The summed E-state index contributed by atoms with van der Waals surface area (Å²) in [7, 11) is 0. The third-order valence-corrected chi connectivity index (χ3v) is 5.33. The predicted molar refractivity (Wildman–Crippen MR) is 99.2 cm³/mol. The lowest BCUT2D eigenvalue weighted by molar-refractivity contribution is -0.129. The zero-order valence-electron chi connectivity index (χ0n) is 15.7. The molecule has 1 aliphatic carbocycles. The fourth-order valence-corrected chi connectivity index (χ4v) is 3.96. The van der Waals surface area contributed by atoms with Crippen molar-refractivity contribution in [2.24, 2.45) is 23.7 Å². The van der Waals surface area contributed by atoms with Crippen LogP contribution in [0, 0.1) is 23.7 Å². The van der Waals surface area contributed by atoms with E-state index in [1.165, 1.54) is 12.8 Å². The molecular formula is C21H33NO2. The van der Waals surface area contributed by atoms with Gasteiger partial charge in [-0.25, -0.2) is 0 Å². The summed E-state index contributed by atoms with van der Waals surface area (Å²) in [5.74, 6) is 3.11. The molecule has 0 bridgehead atoms. The first kappa shape index (κ1) is 18.8. The largest absolute Gasteiger partial charge is 0.494 e.